The van der Waals surface area contributed by atoms with E-state index in [9.17, 15) is 9.90 Å². The van der Waals surface area contributed by atoms with E-state index in [4.69, 9.17) is 0 Å². The molecule has 0 aromatic heterocycles. The Morgan fingerprint density at radius 2 is 2.00 bits per heavy atom. The van der Waals surface area contributed by atoms with E-state index in [1.165, 1.54) is 0 Å². The summed E-state index contributed by atoms with van der Waals surface area (Å²) in [4.78, 5) is 12.0. The van der Waals surface area contributed by atoms with Crippen LogP contribution in [0.15, 0.2) is 46.9 Å². The highest BCUT2D eigenvalue weighted by Crippen LogP contribution is 2.38. The molecule has 0 saturated heterocycles. The van der Waals surface area contributed by atoms with Crippen molar-refractivity contribution in [1.29, 1.82) is 0 Å². The standard InChI is InChI=1S/C14H11BrN2O2/c15-10-5-2-6-11-12(10)13(14(19)17-11)16-8-3-1-4-9(18)7-8/h1-7,13,16,18H,(H,17,19). The Bertz CT molecular complexity index is 658. The van der Waals surface area contributed by atoms with Gasteiger partial charge in [0.2, 0.25) is 0 Å². The fourth-order valence-electron chi connectivity index (χ4n) is 2.18. The average Bonchev–Trinajstić information content (AvgIpc) is 2.67. The monoisotopic (exact) mass is 318 g/mol. The van der Waals surface area contributed by atoms with Crippen LogP contribution in [0.3, 0.4) is 0 Å². The first kappa shape index (κ1) is 12.0. The molecule has 1 amide bonds. The quantitative estimate of drug-likeness (QED) is 0.796. The summed E-state index contributed by atoms with van der Waals surface area (Å²) >= 11 is 3.46. The lowest BCUT2D eigenvalue weighted by molar-refractivity contribution is -0.116. The van der Waals surface area contributed by atoms with Crippen LogP contribution in [0.1, 0.15) is 11.6 Å². The maximum Gasteiger partial charge on any atom is 0.251 e. The first-order chi connectivity index (χ1) is 9.15. The van der Waals surface area contributed by atoms with Gasteiger partial charge in [0, 0.05) is 27.5 Å². The largest absolute Gasteiger partial charge is 0.508 e. The topological polar surface area (TPSA) is 61.4 Å². The van der Waals surface area contributed by atoms with Crippen molar-refractivity contribution in [2.75, 3.05) is 10.6 Å². The number of aromatic hydroxyl groups is 1. The van der Waals surface area contributed by atoms with Gasteiger partial charge in [0.15, 0.2) is 0 Å². The summed E-state index contributed by atoms with van der Waals surface area (Å²) < 4.78 is 0.876. The van der Waals surface area contributed by atoms with Crippen molar-refractivity contribution in [1.82, 2.24) is 0 Å². The van der Waals surface area contributed by atoms with E-state index in [1.807, 2.05) is 24.3 Å². The SMILES string of the molecule is O=C1Nc2cccc(Br)c2C1Nc1cccc(O)c1. The molecule has 5 heteroatoms. The molecule has 4 nitrogen and oxygen atoms in total. The zero-order valence-electron chi connectivity index (χ0n) is 9.85. The van der Waals surface area contributed by atoms with Crippen LogP contribution in [0.2, 0.25) is 0 Å². The number of rotatable bonds is 2. The van der Waals surface area contributed by atoms with Crippen molar-refractivity contribution < 1.29 is 9.90 Å². The molecule has 19 heavy (non-hydrogen) atoms. The molecule has 96 valence electrons. The van der Waals surface area contributed by atoms with Crippen LogP contribution >= 0.6 is 15.9 Å². The number of nitrogens with one attached hydrogen (secondary N) is 2. The number of phenolic OH excluding ortho intramolecular Hbond substituents is 1. The summed E-state index contributed by atoms with van der Waals surface area (Å²) in [5.74, 6) is 0.0565. The van der Waals surface area contributed by atoms with Crippen molar-refractivity contribution in [3.8, 4) is 5.75 Å². The molecule has 0 spiro atoms. The fraction of sp³-hybridized carbons (Fsp3) is 0.0714. The van der Waals surface area contributed by atoms with Gasteiger partial charge in [0.1, 0.15) is 11.8 Å². The zero-order valence-corrected chi connectivity index (χ0v) is 11.4. The number of carbonyl (C=O) groups excluding carboxylic acids is 1. The lowest BCUT2D eigenvalue weighted by atomic mass is 10.1. The second-order valence-electron chi connectivity index (χ2n) is 4.32. The van der Waals surface area contributed by atoms with Crippen LogP contribution in [-0.2, 0) is 4.79 Å². The Balaban J connectivity index is 1.97. The molecule has 0 aliphatic carbocycles. The van der Waals surface area contributed by atoms with Gasteiger partial charge >= 0.3 is 0 Å². The van der Waals surface area contributed by atoms with Gasteiger partial charge < -0.3 is 15.7 Å². The van der Waals surface area contributed by atoms with Gasteiger partial charge in [0.25, 0.3) is 5.91 Å². The highest BCUT2D eigenvalue weighted by atomic mass is 79.9. The van der Waals surface area contributed by atoms with Crippen LogP contribution in [0.4, 0.5) is 11.4 Å². The summed E-state index contributed by atoms with van der Waals surface area (Å²) in [6.07, 6.45) is 0. The van der Waals surface area contributed by atoms with Crippen LogP contribution in [0, 0.1) is 0 Å². The van der Waals surface area contributed by atoms with Crippen molar-refractivity contribution in [2.45, 2.75) is 6.04 Å². The number of hydrogen-bond donors (Lipinski definition) is 3. The minimum absolute atomic E-state index is 0.106. The normalized spacial score (nSPS) is 16.9. The molecule has 2 aromatic carbocycles. The Morgan fingerprint density at radius 3 is 2.79 bits per heavy atom. The minimum atomic E-state index is -0.465. The molecule has 1 aliphatic rings. The Kier molecular flexibility index (Phi) is 2.91. The maximum atomic E-state index is 12.0. The Morgan fingerprint density at radius 1 is 1.21 bits per heavy atom. The molecule has 1 atom stereocenters. The molecule has 0 radical (unpaired) electrons. The number of anilines is 2. The fourth-order valence-corrected chi connectivity index (χ4v) is 2.77. The predicted octanol–water partition coefficient (Wildman–Crippen LogP) is 3.26. The third kappa shape index (κ3) is 2.17. The van der Waals surface area contributed by atoms with Crippen LogP contribution in [0.5, 0.6) is 5.75 Å². The number of carbonyl (C=O) groups is 1. The van der Waals surface area contributed by atoms with Crippen molar-refractivity contribution in [2.24, 2.45) is 0 Å². The Labute approximate surface area is 118 Å². The molecular formula is C14H11BrN2O2. The van der Waals surface area contributed by atoms with Crippen molar-refractivity contribution >= 4 is 33.2 Å². The summed E-state index contributed by atoms with van der Waals surface area (Å²) in [6, 6.07) is 11.9. The van der Waals surface area contributed by atoms with Gasteiger partial charge in [0.05, 0.1) is 0 Å². The van der Waals surface area contributed by atoms with E-state index < -0.39 is 6.04 Å². The molecule has 0 fully saturated rings. The van der Waals surface area contributed by atoms with E-state index in [0.29, 0.717) is 5.69 Å². The van der Waals surface area contributed by atoms with E-state index in [0.717, 1.165) is 15.7 Å². The van der Waals surface area contributed by atoms with Gasteiger partial charge in [-0.2, -0.15) is 0 Å². The summed E-state index contributed by atoms with van der Waals surface area (Å²) in [5, 5.41) is 15.4. The maximum absolute atomic E-state index is 12.0. The summed E-state index contributed by atoms with van der Waals surface area (Å²) in [5.41, 5.74) is 2.39. The predicted molar refractivity (Wildman–Crippen MR) is 77.2 cm³/mol. The number of amides is 1. The molecule has 0 bridgehead atoms. The molecule has 1 heterocycles. The number of halogens is 1. The lowest BCUT2D eigenvalue weighted by Crippen LogP contribution is -2.19. The number of phenols is 1. The number of hydrogen-bond acceptors (Lipinski definition) is 3. The second kappa shape index (κ2) is 4.59. The highest BCUT2D eigenvalue weighted by molar-refractivity contribution is 9.10. The minimum Gasteiger partial charge on any atom is -0.508 e. The molecule has 3 rings (SSSR count). The molecule has 3 N–H and O–H groups in total. The highest BCUT2D eigenvalue weighted by Gasteiger charge is 2.32. The van der Waals surface area contributed by atoms with Gasteiger partial charge in [-0.05, 0) is 24.3 Å². The molecular weight excluding hydrogens is 308 g/mol. The molecule has 1 unspecified atom stereocenters. The van der Waals surface area contributed by atoms with Crippen LogP contribution < -0.4 is 10.6 Å². The smallest absolute Gasteiger partial charge is 0.251 e. The van der Waals surface area contributed by atoms with Crippen LogP contribution in [-0.4, -0.2) is 11.0 Å². The van der Waals surface area contributed by atoms with Crippen LogP contribution in [0.25, 0.3) is 0 Å². The van der Waals surface area contributed by atoms with Crippen molar-refractivity contribution in [3.05, 3.63) is 52.5 Å². The van der Waals surface area contributed by atoms with Gasteiger partial charge in [-0.3, -0.25) is 4.79 Å². The van der Waals surface area contributed by atoms with Gasteiger partial charge in [-0.15, -0.1) is 0 Å². The third-order valence-corrected chi connectivity index (χ3v) is 3.71. The van der Waals surface area contributed by atoms with Crippen molar-refractivity contribution in [3.63, 3.8) is 0 Å². The molecule has 1 aliphatic heterocycles. The molecule has 0 saturated carbocycles. The first-order valence-electron chi connectivity index (χ1n) is 5.80. The van der Waals surface area contributed by atoms with Gasteiger partial charge in [-0.1, -0.05) is 28.1 Å². The molecule has 2 aromatic rings. The van der Waals surface area contributed by atoms with E-state index >= 15 is 0 Å². The average molecular weight is 319 g/mol. The number of fused-ring (bicyclic) bond motifs is 1. The first-order valence-corrected chi connectivity index (χ1v) is 6.59. The number of benzene rings is 2. The third-order valence-electron chi connectivity index (χ3n) is 3.02. The summed E-state index contributed by atoms with van der Waals surface area (Å²) in [7, 11) is 0. The summed E-state index contributed by atoms with van der Waals surface area (Å²) in [6.45, 7) is 0. The van der Waals surface area contributed by atoms with E-state index in [2.05, 4.69) is 26.6 Å². The van der Waals surface area contributed by atoms with Gasteiger partial charge in [-0.25, -0.2) is 0 Å². The zero-order chi connectivity index (χ0) is 13.4. The van der Waals surface area contributed by atoms with E-state index in [1.54, 1.807) is 18.2 Å². The Hall–Kier alpha value is -2.01. The lowest BCUT2D eigenvalue weighted by Gasteiger charge is -2.14. The van der Waals surface area contributed by atoms with E-state index in [-0.39, 0.29) is 11.7 Å². The second-order valence-corrected chi connectivity index (χ2v) is 5.17.